The Balaban J connectivity index is 1.68. The number of hydrogen-bond donors (Lipinski definition) is 2. The summed E-state index contributed by atoms with van der Waals surface area (Å²) in [6, 6.07) is 6.28. The molecule has 7 nitrogen and oxygen atoms in total. The number of nitrogens with zero attached hydrogens (tertiary/aromatic N) is 2. The van der Waals surface area contributed by atoms with Gasteiger partial charge in [0.15, 0.2) is 4.34 Å². The number of carbonyl (C=O) groups is 2. The van der Waals surface area contributed by atoms with Gasteiger partial charge in [-0.3, -0.25) is 9.59 Å². The highest BCUT2D eigenvalue weighted by Gasteiger charge is 2.10. The maximum atomic E-state index is 13.6. The number of aromatic nitrogens is 2. The molecule has 1 heterocycles. The minimum absolute atomic E-state index is 0.155. The van der Waals surface area contributed by atoms with Crippen LogP contribution in [0.3, 0.4) is 0 Å². The lowest BCUT2D eigenvalue weighted by Crippen LogP contribution is -2.26. The molecule has 1 aromatic carbocycles. The molecule has 0 aliphatic rings. The molecule has 1 aromatic heterocycles. The highest BCUT2D eigenvalue weighted by atomic mass is 32.2. The van der Waals surface area contributed by atoms with Gasteiger partial charge in [0.05, 0.1) is 18.0 Å². The minimum atomic E-state index is -0.376. The summed E-state index contributed by atoms with van der Waals surface area (Å²) in [5.41, 5.74) is 0.319. The first-order valence-electron chi connectivity index (χ1n) is 7.98. The van der Waals surface area contributed by atoms with E-state index in [1.165, 1.54) is 29.2 Å². The van der Waals surface area contributed by atoms with Gasteiger partial charge in [-0.2, -0.15) is 0 Å². The van der Waals surface area contributed by atoms with E-state index in [1.54, 1.807) is 25.1 Å². The van der Waals surface area contributed by atoms with Gasteiger partial charge in [-0.1, -0.05) is 35.2 Å². The van der Waals surface area contributed by atoms with Crippen LogP contribution in [-0.2, 0) is 14.3 Å². The van der Waals surface area contributed by atoms with Crippen molar-refractivity contribution in [2.24, 2.45) is 0 Å². The average molecular weight is 398 g/mol. The summed E-state index contributed by atoms with van der Waals surface area (Å²) in [6.45, 7) is 2.52. The van der Waals surface area contributed by atoms with Crippen molar-refractivity contribution in [1.82, 2.24) is 15.5 Å². The Hall–Kier alpha value is -2.20. The Bertz CT molecular complexity index is 742. The van der Waals surface area contributed by atoms with Gasteiger partial charge in [0.2, 0.25) is 11.0 Å². The molecule has 10 heteroatoms. The highest BCUT2D eigenvalue weighted by Crippen LogP contribution is 2.28. The van der Waals surface area contributed by atoms with Gasteiger partial charge < -0.3 is 15.4 Å². The molecule has 0 aliphatic carbocycles. The number of thioether (sulfide) groups is 1. The summed E-state index contributed by atoms with van der Waals surface area (Å²) in [6.07, 6.45) is 0.813. The third-order valence-electron chi connectivity index (χ3n) is 3.03. The number of benzene rings is 1. The van der Waals surface area contributed by atoms with Gasteiger partial charge in [0.25, 0.3) is 0 Å². The molecule has 0 saturated heterocycles. The van der Waals surface area contributed by atoms with Crippen molar-refractivity contribution in [1.29, 1.82) is 0 Å². The smallest absolute Gasteiger partial charge is 0.305 e. The van der Waals surface area contributed by atoms with Gasteiger partial charge in [-0.25, -0.2) is 4.39 Å². The lowest BCUT2D eigenvalue weighted by molar-refractivity contribution is -0.143. The zero-order valence-corrected chi connectivity index (χ0v) is 15.8. The second kappa shape index (κ2) is 10.7. The molecule has 2 rings (SSSR count). The molecule has 0 saturated carbocycles. The van der Waals surface area contributed by atoms with Gasteiger partial charge >= 0.3 is 5.97 Å². The van der Waals surface area contributed by atoms with Crippen molar-refractivity contribution in [3.63, 3.8) is 0 Å². The molecule has 2 N–H and O–H groups in total. The molecule has 2 aromatic rings. The van der Waals surface area contributed by atoms with Gasteiger partial charge in [0.1, 0.15) is 5.82 Å². The Kier molecular flexibility index (Phi) is 8.29. The standard InChI is InChI=1S/C16H19FN4O3S2/c1-2-24-14(23)8-5-9-18-13(22)10-25-16-21-20-15(26-16)19-12-7-4-3-6-11(12)17/h3-4,6-7H,2,5,8-10H2,1H3,(H,18,22)(H,19,20). The molecule has 0 spiro atoms. The zero-order valence-electron chi connectivity index (χ0n) is 14.2. The van der Waals surface area contributed by atoms with Gasteiger partial charge in [0, 0.05) is 13.0 Å². The second-order valence-corrected chi connectivity index (χ2v) is 7.23. The number of carbonyl (C=O) groups excluding carboxylic acids is 2. The Morgan fingerprint density at radius 3 is 2.88 bits per heavy atom. The molecular weight excluding hydrogens is 379 g/mol. The fourth-order valence-corrected chi connectivity index (χ4v) is 3.46. The van der Waals surface area contributed by atoms with Gasteiger partial charge in [-0.15, -0.1) is 10.2 Å². The largest absolute Gasteiger partial charge is 0.466 e. The van der Waals surface area contributed by atoms with Crippen molar-refractivity contribution in [3.8, 4) is 0 Å². The molecule has 0 unspecified atom stereocenters. The normalized spacial score (nSPS) is 10.4. The summed E-state index contributed by atoms with van der Waals surface area (Å²) in [5.74, 6) is -0.607. The number of halogens is 1. The maximum absolute atomic E-state index is 13.6. The Morgan fingerprint density at radius 1 is 1.31 bits per heavy atom. The first-order chi connectivity index (χ1) is 12.6. The van der Waals surface area contributed by atoms with E-state index in [9.17, 15) is 14.0 Å². The predicted molar refractivity (Wildman–Crippen MR) is 99.2 cm³/mol. The van der Waals surface area contributed by atoms with Crippen molar-refractivity contribution < 1.29 is 18.7 Å². The minimum Gasteiger partial charge on any atom is -0.466 e. The first kappa shape index (κ1) is 20.1. The summed E-state index contributed by atoms with van der Waals surface area (Å²) < 4.78 is 19.0. The summed E-state index contributed by atoms with van der Waals surface area (Å²) >= 11 is 2.48. The van der Waals surface area contributed by atoms with E-state index in [1.807, 2.05) is 0 Å². The summed E-state index contributed by atoms with van der Waals surface area (Å²) in [5, 5.41) is 13.9. The lowest BCUT2D eigenvalue weighted by Gasteiger charge is -2.04. The molecule has 0 atom stereocenters. The van der Waals surface area contributed by atoms with Crippen LogP contribution in [0.5, 0.6) is 0 Å². The predicted octanol–water partition coefficient (Wildman–Crippen LogP) is 2.97. The lowest BCUT2D eigenvalue weighted by atomic mass is 10.3. The zero-order chi connectivity index (χ0) is 18.8. The van der Waals surface area contributed by atoms with Crippen LogP contribution in [0.4, 0.5) is 15.2 Å². The van der Waals surface area contributed by atoms with Crippen LogP contribution < -0.4 is 10.6 Å². The number of amides is 1. The number of rotatable bonds is 10. The van der Waals surface area contributed by atoms with Gasteiger partial charge in [-0.05, 0) is 25.5 Å². The number of para-hydroxylation sites is 1. The van der Waals surface area contributed by atoms with Crippen LogP contribution >= 0.6 is 23.1 Å². The first-order valence-corrected chi connectivity index (χ1v) is 9.79. The second-order valence-electron chi connectivity index (χ2n) is 5.03. The highest BCUT2D eigenvalue weighted by molar-refractivity contribution is 8.01. The molecular formula is C16H19FN4O3S2. The third-order valence-corrected chi connectivity index (χ3v) is 5.01. The van der Waals surface area contributed by atoms with Crippen molar-refractivity contribution in [2.45, 2.75) is 24.1 Å². The number of ether oxygens (including phenoxy) is 1. The fourth-order valence-electron chi connectivity index (χ4n) is 1.87. The average Bonchev–Trinajstić information content (AvgIpc) is 3.07. The van der Waals surface area contributed by atoms with E-state index in [-0.39, 0.29) is 29.9 Å². The summed E-state index contributed by atoms with van der Waals surface area (Å²) in [7, 11) is 0. The number of nitrogens with one attached hydrogen (secondary N) is 2. The van der Waals surface area contributed by atoms with E-state index in [2.05, 4.69) is 20.8 Å². The van der Waals surface area contributed by atoms with E-state index in [0.29, 0.717) is 34.7 Å². The Labute approximate surface area is 158 Å². The van der Waals surface area contributed by atoms with Crippen LogP contribution in [0.25, 0.3) is 0 Å². The SMILES string of the molecule is CCOC(=O)CCCNC(=O)CSc1nnc(Nc2ccccc2F)s1. The van der Waals surface area contributed by atoms with E-state index in [0.717, 1.165) is 0 Å². The van der Waals surface area contributed by atoms with Crippen LogP contribution in [0, 0.1) is 5.82 Å². The quantitative estimate of drug-likeness (QED) is 0.361. The van der Waals surface area contributed by atoms with E-state index >= 15 is 0 Å². The van der Waals surface area contributed by atoms with Crippen LogP contribution in [0.2, 0.25) is 0 Å². The van der Waals surface area contributed by atoms with Crippen molar-refractivity contribution in [2.75, 3.05) is 24.2 Å². The van der Waals surface area contributed by atoms with Crippen LogP contribution in [0.15, 0.2) is 28.6 Å². The Morgan fingerprint density at radius 2 is 2.12 bits per heavy atom. The molecule has 0 radical (unpaired) electrons. The fraction of sp³-hybridized carbons (Fsp3) is 0.375. The number of anilines is 2. The van der Waals surface area contributed by atoms with Crippen molar-refractivity contribution in [3.05, 3.63) is 30.1 Å². The topological polar surface area (TPSA) is 93.2 Å². The molecule has 140 valence electrons. The molecule has 0 aliphatic heterocycles. The third kappa shape index (κ3) is 6.96. The van der Waals surface area contributed by atoms with Crippen LogP contribution in [-0.4, -0.2) is 41.0 Å². The molecule has 0 fully saturated rings. The molecule has 0 bridgehead atoms. The van der Waals surface area contributed by atoms with Crippen molar-refractivity contribution >= 4 is 45.8 Å². The monoisotopic (exact) mass is 398 g/mol. The maximum Gasteiger partial charge on any atom is 0.305 e. The van der Waals surface area contributed by atoms with Crippen LogP contribution in [0.1, 0.15) is 19.8 Å². The summed E-state index contributed by atoms with van der Waals surface area (Å²) in [4.78, 5) is 22.9. The van der Waals surface area contributed by atoms with E-state index < -0.39 is 0 Å². The number of hydrogen-bond acceptors (Lipinski definition) is 8. The number of esters is 1. The van der Waals surface area contributed by atoms with E-state index in [4.69, 9.17) is 4.74 Å². The molecule has 26 heavy (non-hydrogen) atoms. The molecule has 1 amide bonds.